The van der Waals surface area contributed by atoms with Crippen molar-refractivity contribution < 1.29 is 5.21 Å². The van der Waals surface area contributed by atoms with E-state index in [2.05, 4.69) is 25.7 Å². The summed E-state index contributed by atoms with van der Waals surface area (Å²) in [6.07, 6.45) is 0.825. The lowest BCUT2D eigenvalue weighted by Gasteiger charge is -1.95. The van der Waals surface area contributed by atoms with E-state index in [1.165, 1.54) is 0 Å². The highest BCUT2D eigenvalue weighted by Gasteiger charge is 2.19. The monoisotopic (exact) mass is 214 g/mol. The standard InChI is InChI=1S/C7H7BrN2O/c8-7-2-1-6-5(9-11)3-4-10(6)7/h1-2,11H,3-4H2. The van der Waals surface area contributed by atoms with Gasteiger partial charge in [-0.15, -0.1) is 0 Å². The Hall–Kier alpha value is -0.770. The van der Waals surface area contributed by atoms with Gasteiger partial charge in [0.25, 0.3) is 0 Å². The van der Waals surface area contributed by atoms with Crippen LogP contribution in [0.3, 0.4) is 0 Å². The van der Waals surface area contributed by atoms with Gasteiger partial charge < -0.3 is 9.77 Å². The van der Waals surface area contributed by atoms with Crippen molar-refractivity contribution in [2.24, 2.45) is 5.16 Å². The molecule has 3 nitrogen and oxygen atoms in total. The summed E-state index contributed by atoms with van der Waals surface area (Å²) < 4.78 is 3.13. The van der Waals surface area contributed by atoms with E-state index in [1.807, 2.05) is 12.1 Å². The van der Waals surface area contributed by atoms with Crippen LogP contribution in [0.2, 0.25) is 0 Å². The number of aromatic nitrogens is 1. The van der Waals surface area contributed by atoms with Gasteiger partial charge >= 0.3 is 0 Å². The van der Waals surface area contributed by atoms with E-state index in [0.29, 0.717) is 0 Å². The maximum Gasteiger partial charge on any atom is 0.105 e. The summed E-state index contributed by atoms with van der Waals surface area (Å²) >= 11 is 3.40. The summed E-state index contributed by atoms with van der Waals surface area (Å²) in [5, 5.41) is 11.8. The molecular weight excluding hydrogens is 208 g/mol. The van der Waals surface area contributed by atoms with Crippen molar-refractivity contribution in [3.8, 4) is 0 Å². The molecule has 1 aliphatic rings. The first-order valence-electron chi connectivity index (χ1n) is 3.39. The first-order valence-corrected chi connectivity index (χ1v) is 4.18. The van der Waals surface area contributed by atoms with Crippen LogP contribution < -0.4 is 0 Å². The van der Waals surface area contributed by atoms with Crippen LogP contribution in [0.1, 0.15) is 12.1 Å². The Morgan fingerprint density at radius 3 is 3.09 bits per heavy atom. The van der Waals surface area contributed by atoms with Crippen LogP contribution in [0, 0.1) is 0 Å². The van der Waals surface area contributed by atoms with Gasteiger partial charge in [-0.2, -0.15) is 0 Å². The Morgan fingerprint density at radius 2 is 2.36 bits per heavy atom. The zero-order valence-corrected chi connectivity index (χ0v) is 7.37. The molecule has 0 spiro atoms. The Labute approximate surface area is 72.5 Å². The molecule has 0 unspecified atom stereocenters. The van der Waals surface area contributed by atoms with Crippen molar-refractivity contribution in [3.05, 3.63) is 22.4 Å². The SMILES string of the molecule is ON=C1CCn2c(Br)ccc21. The van der Waals surface area contributed by atoms with Gasteiger partial charge in [0, 0.05) is 13.0 Å². The summed E-state index contributed by atoms with van der Waals surface area (Å²) in [6, 6.07) is 3.91. The van der Waals surface area contributed by atoms with Crippen molar-refractivity contribution in [2.45, 2.75) is 13.0 Å². The molecular formula is C7H7BrN2O. The highest BCUT2D eigenvalue weighted by Crippen LogP contribution is 2.23. The molecule has 2 heterocycles. The van der Waals surface area contributed by atoms with Gasteiger partial charge in [-0.25, -0.2) is 0 Å². The largest absolute Gasteiger partial charge is 0.411 e. The molecule has 0 aliphatic carbocycles. The number of halogens is 1. The van der Waals surface area contributed by atoms with E-state index in [1.54, 1.807) is 0 Å². The second kappa shape index (κ2) is 2.37. The molecule has 4 heteroatoms. The zero-order chi connectivity index (χ0) is 7.84. The minimum atomic E-state index is 0.774. The Morgan fingerprint density at radius 1 is 1.55 bits per heavy atom. The average Bonchev–Trinajstić information content (AvgIpc) is 2.53. The fraction of sp³-hybridized carbons (Fsp3) is 0.286. The molecule has 11 heavy (non-hydrogen) atoms. The van der Waals surface area contributed by atoms with E-state index in [4.69, 9.17) is 5.21 Å². The van der Waals surface area contributed by atoms with Gasteiger partial charge in [0.2, 0.25) is 0 Å². The summed E-state index contributed by atoms with van der Waals surface area (Å²) in [5.41, 5.74) is 1.79. The fourth-order valence-electron chi connectivity index (χ4n) is 1.37. The average molecular weight is 215 g/mol. The number of hydrogen-bond acceptors (Lipinski definition) is 2. The van der Waals surface area contributed by atoms with Crippen LogP contribution in [0.15, 0.2) is 21.9 Å². The zero-order valence-electron chi connectivity index (χ0n) is 5.79. The first-order chi connectivity index (χ1) is 5.33. The molecule has 1 aromatic rings. The number of fused-ring (bicyclic) bond motifs is 1. The lowest BCUT2D eigenvalue weighted by atomic mass is 10.2. The van der Waals surface area contributed by atoms with Crippen molar-refractivity contribution >= 4 is 21.6 Å². The van der Waals surface area contributed by atoms with Crippen molar-refractivity contribution in [2.75, 3.05) is 0 Å². The summed E-state index contributed by atoms with van der Waals surface area (Å²) in [5.74, 6) is 0. The second-order valence-corrected chi connectivity index (χ2v) is 3.30. The van der Waals surface area contributed by atoms with Gasteiger partial charge in [-0.05, 0) is 28.1 Å². The maximum absolute atomic E-state index is 8.58. The van der Waals surface area contributed by atoms with Crippen molar-refractivity contribution in [1.82, 2.24) is 4.57 Å². The molecule has 0 radical (unpaired) electrons. The normalized spacial score (nSPS) is 19.2. The Bertz CT molecular complexity index is 316. The summed E-state index contributed by atoms with van der Waals surface area (Å²) in [4.78, 5) is 0. The predicted octanol–water partition coefficient (Wildman–Crippen LogP) is 1.83. The smallest absolute Gasteiger partial charge is 0.105 e. The van der Waals surface area contributed by atoms with Gasteiger partial charge in [-0.1, -0.05) is 5.16 Å². The highest BCUT2D eigenvalue weighted by atomic mass is 79.9. The van der Waals surface area contributed by atoms with E-state index in [9.17, 15) is 0 Å². The minimum Gasteiger partial charge on any atom is -0.411 e. The third-order valence-electron chi connectivity index (χ3n) is 1.92. The molecule has 1 aromatic heterocycles. The third-order valence-corrected chi connectivity index (χ3v) is 2.61. The third kappa shape index (κ3) is 0.894. The van der Waals surface area contributed by atoms with Crippen LogP contribution in [0.25, 0.3) is 0 Å². The van der Waals surface area contributed by atoms with E-state index < -0.39 is 0 Å². The summed E-state index contributed by atoms with van der Waals surface area (Å²) in [6.45, 7) is 0.905. The minimum absolute atomic E-state index is 0.774. The van der Waals surface area contributed by atoms with Gasteiger partial charge in [-0.3, -0.25) is 0 Å². The molecule has 0 saturated heterocycles. The van der Waals surface area contributed by atoms with Gasteiger partial charge in [0.1, 0.15) is 5.71 Å². The number of oxime groups is 1. The molecule has 58 valence electrons. The lowest BCUT2D eigenvalue weighted by molar-refractivity contribution is 0.318. The molecule has 0 aromatic carbocycles. The van der Waals surface area contributed by atoms with Crippen LogP contribution in [0.4, 0.5) is 0 Å². The molecule has 0 amide bonds. The van der Waals surface area contributed by atoms with Crippen molar-refractivity contribution in [1.29, 1.82) is 0 Å². The predicted molar refractivity (Wildman–Crippen MR) is 45.1 cm³/mol. The second-order valence-electron chi connectivity index (χ2n) is 2.49. The summed E-state index contributed by atoms with van der Waals surface area (Å²) in [7, 11) is 0. The topological polar surface area (TPSA) is 37.5 Å². The van der Waals surface area contributed by atoms with E-state index in [0.717, 1.165) is 29.0 Å². The Kier molecular flexibility index (Phi) is 1.49. The van der Waals surface area contributed by atoms with E-state index >= 15 is 0 Å². The Balaban J connectivity index is 2.56. The van der Waals surface area contributed by atoms with Crippen LogP contribution >= 0.6 is 15.9 Å². The van der Waals surface area contributed by atoms with Crippen LogP contribution in [-0.4, -0.2) is 15.5 Å². The number of rotatable bonds is 0. The molecule has 1 N–H and O–H groups in total. The van der Waals surface area contributed by atoms with E-state index in [-0.39, 0.29) is 0 Å². The highest BCUT2D eigenvalue weighted by molar-refractivity contribution is 9.10. The van der Waals surface area contributed by atoms with Gasteiger partial charge in [0.15, 0.2) is 0 Å². The number of hydrogen-bond donors (Lipinski definition) is 1. The molecule has 1 aliphatic heterocycles. The molecule has 0 saturated carbocycles. The van der Waals surface area contributed by atoms with Crippen LogP contribution in [0.5, 0.6) is 0 Å². The lowest BCUT2D eigenvalue weighted by Crippen LogP contribution is -1.93. The molecule has 0 fully saturated rings. The molecule has 0 atom stereocenters. The molecule has 2 rings (SSSR count). The molecule has 0 bridgehead atoms. The van der Waals surface area contributed by atoms with Gasteiger partial charge in [0.05, 0.1) is 10.3 Å². The fourth-order valence-corrected chi connectivity index (χ4v) is 1.87. The quantitative estimate of drug-likeness (QED) is 0.520. The maximum atomic E-state index is 8.58. The van der Waals surface area contributed by atoms with Crippen molar-refractivity contribution in [3.63, 3.8) is 0 Å². The number of nitrogens with zero attached hydrogens (tertiary/aromatic N) is 2. The first kappa shape index (κ1) is 6.91. The van der Waals surface area contributed by atoms with Crippen LogP contribution in [-0.2, 0) is 6.54 Å².